The Morgan fingerprint density at radius 1 is 1.07 bits per heavy atom. The number of unbranched alkanes of at least 4 members (excludes halogenated alkanes) is 3. The van der Waals surface area contributed by atoms with Crippen molar-refractivity contribution in [3.63, 3.8) is 0 Å². The fraction of sp³-hybridized carbons (Fsp3) is 0.375. The lowest BCUT2D eigenvalue weighted by molar-refractivity contribution is 0.0679. The van der Waals surface area contributed by atoms with Crippen molar-refractivity contribution < 1.29 is 4.79 Å². The number of aromatic amines is 1. The number of aryl methyl sites for hydroxylation is 1. The van der Waals surface area contributed by atoms with Gasteiger partial charge in [0.15, 0.2) is 0 Å². The quantitative estimate of drug-likeness (QED) is 0.526. The Labute approximate surface area is 177 Å². The van der Waals surface area contributed by atoms with E-state index in [-0.39, 0.29) is 17.5 Å². The average Bonchev–Trinajstić information content (AvgIpc) is 2.76. The summed E-state index contributed by atoms with van der Waals surface area (Å²) in [5.41, 5.74) is 7.77. The highest BCUT2D eigenvalue weighted by atomic mass is 16.2. The maximum Gasteiger partial charge on any atom is 0.258 e. The Balaban J connectivity index is 1.88. The number of hydrogen-bond acceptors (Lipinski definition) is 4. The van der Waals surface area contributed by atoms with E-state index in [1.807, 2.05) is 56.3 Å². The molecule has 2 aromatic carbocycles. The van der Waals surface area contributed by atoms with Gasteiger partial charge in [0.25, 0.3) is 11.5 Å². The fourth-order valence-corrected chi connectivity index (χ4v) is 3.56. The molecule has 1 unspecified atom stereocenters. The van der Waals surface area contributed by atoms with Gasteiger partial charge in [-0.3, -0.25) is 9.59 Å². The van der Waals surface area contributed by atoms with E-state index in [9.17, 15) is 9.59 Å². The third-order valence-corrected chi connectivity index (χ3v) is 5.41. The number of benzene rings is 2. The predicted molar refractivity (Wildman–Crippen MR) is 121 cm³/mol. The van der Waals surface area contributed by atoms with Crippen LogP contribution in [0.25, 0.3) is 10.9 Å². The van der Waals surface area contributed by atoms with Gasteiger partial charge in [-0.2, -0.15) is 0 Å². The molecule has 1 aromatic heterocycles. The van der Waals surface area contributed by atoms with E-state index in [0.29, 0.717) is 35.4 Å². The van der Waals surface area contributed by atoms with E-state index in [2.05, 4.69) is 9.97 Å². The van der Waals surface area contributed by atoms with E-state index in [4.69, 9.17) is 5.73 Å². The molecule has 0 saturated carbocycles. The summed E-state index contributed by atoms with van der Waals surface area (Å²) < 4.78 is 0. The zero-order valence-electron chi connectivity index (χ0n) is 17.7. The van der Waals surface area contributed by atoms with Gasteiger partial charge in [0.2, 0.25) is 0 Å². The Morgan fingerprint density at radius 3 is 2.50 bits per heavy atom. The summed E-state index contributed by atoms with van der Waals surface area (Å²) in [5, 5.41) is 0.548. The zero-order valence-corrected chi connectivity index (χ0v) is 17.7. The molecule has 158 valence electrons. The molecular weight excluding hydrogens is 376 g/mol. The lowest BCUT2D eigenvalue weighted by Gasteiger charge is -2.29. The molecule has 0 aliphatic heterocycles. The molecule has 0 bridgehead atoms. The average molecular weight is 407 g/mol. The number of nitrogens with one attached hydrogen (secondary N) is 1. The fourth-order valence-electron chi connectivity index (χ4n) is 3.56. The number of fused-ring (bicyclic) bond motifs is 1. The summed E-state index contributed by atoms with van der Waals surface area (Å²) in [7, 11) is 0. The highest BCUT2D eigenvalue weighted by Gasteiger charge is 2.24. The lowest BCUT2D eigenvalue weighted by Crippen LogP contribution is -2.36. The molecule has 1 amide bonds. The van der Waals surface area contributed by atoms with Crippen LogP contribution in [0, 0.1) is 6.92 Å². The molecule has 0 saturated heterocycles. The second kappa shape index (κ2) is 10.2. The molecule has 0 fully saturated rings. The monoisotopic (exact) mass is 406 g/mol. The van der Waals surface area contributed by atoms with Gasteiger partial charge < -0.3 is 15.6 Å². The van der Waals surface area contributed by atoms with Crippen molar-refractivity contribution in [2.75, 3.05) is 13.1 Å². The molecule has 6 nitrogen and oxygen atoms in total. The number of nitrogens with zero attached hydrogens (tertiary/aromatic N) is 2. The van der Waals surface area contributed by atoms with Gasteiger partial charge >= 0.3 is 0 Å². The molecule has 3 aromatic rings. The summed E-state index contributed by atoms with van der Waals surface area (Å²) in [6, 6.07) is 14.5. The standard InChI is InChI=1S/C24H30N4O2/c1-17-11-13-19(14-12-17)24(30)28(16-8-4-3-7-15-25)18(2)22-26-21-10-6-5-9-20(21)23(29)27-22/h5-6,9-14,18H,3-4,7-8,15-16,25H2,1-2H3,(H,26,27,29). The number of para-hydroxylation sites is 1. The molecule has 6 heteroatoms. The number of nitrogens with two attached hydrogens (primary N) is 1. The molecular formula is C24H30N4O2. The maximum atomic E-state index is 13.3. The number of amides is 1. The smallest absolute Gasteiger partial charge is 0.258 e. The van der Waals surface area contributed by atoms with E-state index < -0.39 is 0 Å². The van der Waals surface area contributed by atoms with E-state index in [1.165, 1.54) is 0 Å². The van der Waals surface area contributed by atoms with Gasteiger partial charge in [0, 0.05) is 12.1 Å². The van der Waals surface area contributed by atoms with Crippen LogP contribution in [0.15, 0.2) is 53.3 Å². The number of carbonyl (C=O) groups is 1. The van der Waals surface area contributed by atoms with Crippen LogP contribution < -0.4 is 11.3 Å². The highest BCUT2D eigenvalue weighted by molar-refractivity contribution is 5.94. The molecule has 0 aliphatic carbocycles. The summed E-state index contributed by atoms with van der Waals surface area (Å²) in [5.74, 6) is 0.443. The minimum atomic E-state index is -0.356. The Morgan fingerprint density at radius 2 is 1.77 bits per heavy atom. The van der Waals surface area contributed by atoms with Crippen molar-refractivity contribution in [3.05, 3.63) is 75.8 Å². The molecule has 3 rings (SSSR count). The van der Waals surface area contributed by atoms with Crippen LogP contribution in [0.1, 0.15) is 60.4 Å². The van der Waals surface area contributed by atoms with Gasteiger partial charge in [-0.1, -0.05) is 42.7 Å². The van der Waals surface area contributed by atoms with Crippen molar-refractivity contribution in [1.29, 1.82) is 0 Å². The maximum absolute atomic E-state index is 13.3. The van der Waals surface area contributed by atoms with Crippen LogP contribution in [-0.4, -0.2) is 33.9 Å². The Hall–Kier alpha value is -2.99. The highest BCUT2D eigenvalue weighted by Crippen LogP contribution is 2.22. The number of rotatable bonds is 9. The lowest BCUT2D eigenvalue weighted by atomic mass is 10.1. The first-order valence-electron chi connectivity index (χ1n) is 10.6. The van der Waals surface area contributed by atoms with E-state index >= 15 is 0 Å². The largest absolute Gasteiger partial charge is 0.330 e. The molecule has 0 radical (unpaired) electrons. The van der Waals surface area contributed by atoms with Crippen LogP contribution in [0.2, 0.25) is 0 Å². The minimum Gasteiger partial charge on any atom is -0.330 e. The van der Waals surface area contributed by atoms with Gasteiger partial charge in [0.1, 0.15) is 5.82 Å². The zero-order chi connectivity index (χ0) is 21.5. The molecule has 1 atom stereocenters. The summed E-state index contributed by atoms with van der Waals surface area (Å²) >= 11 is 0. The first-order valence-corrected chi connectivity index (χ1v) is 10.6. The molecule has 1 heterocycles. The van der Waals surface area contributed by atoms with Crippen LogP contribution in [-0.2, 0) is 0 Å². The third-order valence-electron chi connectivity index (χ3n) is 5.41. The summed E-state index contributed by atoms with van der Waals surface area (Å²) in [6.45, 7) is 5.19. The van der Waals surface area contributed by atoms with Gasteiger partial charge in [-0.05, 0) is 57.5 Å². The first-order chi connectivity index (χ1) is 14.5. The first kappa shape index (κ1) is 21.7. The summed E-state index contributed by atoms with van der Waals surface area (Å²) in [6.07, 6.45) is 3.91. The van der Waals surface area contributed by atoms with Gasteiger partial charge in [0.05, 0.1) is 16.9 Å². The van der Waals surface area contributed by atoms with Crippen LogP contribution in [0.5, 0.6) is 0 Å². The topological polar surface area (TPSA) is 92.1 Å². The van der Waals surface area contributed by atoms with E-state index in [1.54, 1.807) is 11.0 Å². The molecule has 3 N–H and O–H groups in total. The SMILES string of the molecule is Cc1ccc(C(=O)N(CCCCCCN)C(C)c2nc3ccccc3c(=O)[nH]2)cc1. The number of carbonyl (C=O) groups excluding carboxylic acids is 1. The Kier molecular flexibility index (Phi) is 7.36. The second-order valence-electron chi connectivity index (χ2n) is 7.71. The van der Waals surface area contributed by atoms with Gasteiger partial charge in [-0.25, -0.2) is 4.98 Å². The van der Waals surface area contributed by atoms with Crippen LogP contribution >= 0.6 is 0 Å². The van der Waals surface area contributed by atoms with Crippen LogP contribution in [0.3, 0.4) is 0 Å². The molecule has 0 aliphatic rings. The van der Waals surface area contributed by atoms with E-state index in [0.717, 1.165) is 31.2 Å². The van der Waals surface area contributed by atoms with Crippen molar-refractivity contribution in [1.82, 2.24) is 14.9 Å². The second-order valence-corrected chi connectivity index (χ2v) is 7.71. The summed E-state index contributed by atoms with van der Waals surface area (Å²) in [4.78, 5) is 35.2. The molecule has 0 spiro atoms. The van der Waals surface area contributed by atoms with Crippen LogP contribution in [0.4, 0.5) is 0 Å². The normalized spacial score (nSPS) is 12.1. The van der Waals surface area contributed by atoms with Crippen molar-refractivity contribution in [2.24, 2.45) is 5.73 Å². The van der Waals surface area contributed by atoms with Crippen molar-refractivity contribution in [2.45, 2.75) is 45.6 Å². The number of aromatic nitrogens is 2. The number of H-pyrrole nitrogens is 1. The van der Waals surface area contributed by atoms with Gasteiger partial charge in [-0.15, -0.1) is 0 Å². The minimum absolute atomic E-state index is 0.0582. The third kappa shape index (κ3) is 5.13. The predicted octanol–water partition coefficient (Wildman–Crippen LogP) is 3.95. The Bertz CT molecular complexity index is 1040. The van der Waals surface area contributed by atoms with Crippen molar-refractivity contribution >= 4 is 16.8 Å². The molecule has 30 heavy (non-hydrogen) atoms. The van der Waals surface area contributed by atoms with Crippen molar-refractivity contribution in [3.8, 4) is 0 Å². The number of hydrogen-bond donors (Lipinski definition) is 2.